The molecule has 1 saturated heterocycles. The van der Waals surface area contributed by atoms with E-state index >= 15 is 0 Å². The molecule has 0 aliphatic carbocycles. The number of aromatic nitrogens is 1. The molecule has 2 rings (SSSR count). The van der Waals surface area contributed by atoms with E-state index in [4.69, 9.17) is 4.42 Å². The Balaban J connectivity index is 2.01. The van der Waals surface area contributed by atoms with Crippen molar-refractivity contribution in [3.63, 3.8) is 0 Å². The second-order valence-corrected chi connectivity index (χ2v) is 3.81. The average molecular weight is 198 g/mol. The Hall–Kier alpha value is -0.900. The number of nitrogens with one attached hydrogen (secondary N) is 1. The Morgan fingerprint density at radius 2 is 2.50 bits per heavy atom. The van der Waals surface area contributed by atoms with Crippen LogP contribution in [0.15, 0.2) is 4.42 Å². The van der Waals surface area contributed by atoms with Crippen molar-refractivity contribution in [1.29, 1.82) is 0 Å². The first-order valence-corrected chi connectivity index (χ1v) is 5.01. The lowest BCUT2D eigenvalue weighted by atomic mass is 10.1. The molecule has 1 unspecified atom stereocenters. The van der Waals surface area contributed by atoms with Gasteiger partial charge in [-0.3, -0.25) is 0 Å². The zero-order valence-electron chi connectivity index (χ0n) is 8.35. The van der Waals surface area contributed by atoms with Crippen molar-refractivity contribution >= 4 is 0 Å². The second-order valence-electron chi connectivity index (χ2n) is 3.81. The smallest absolute Gasteiger partial charge is 0.195 e. The molecule has 0 amide bonds. The summed E-state index contributed by atoms with van der Waals surface area (Å²) in [5, 5.41) is 3.28. The summed E-state index contributed by atoms with van der Waals surface area (Å²) in [5.41, 5.74) is 0.688. The summed E-state index contributed by atoms with van der Waals surface area (Å²) in [5.74, 6) is 1.66. The van der Waals surface area contributed by atoms with E-state index in [1.54, 1.807) is 6.92 Å². The summed E-state index contributed by atoms with van der Waals surface area (Å²) >= 11 is 0. The van der Waals surface area contributed by atoms with Crippen molar-refractivity contribution in [2.45, 2.75) is 26.4 Å². The minimum absolute atomic E-state index is 0.381. The first kappa shape index (κ1) is 9.65. The minimum Gasteiger partial charge on any atom is -0.443 e. The first-order valence-electron chi connectivity index (χ1n) is 5.01. The zero-order valence-corrected chi connectivity index (χ0v) is 8.35. The molecule has 1 fully saturated rings. The second kappa shape index (κ2) is 4.09. The number of nitrogens with zero attached hydrogens (tertiary/aromatic N) is 1. The molecule has 1 aromatic heterocycles. The van der Waals surface area contributed by atoms with E-state index in [9.17, 15) is 4.39 Å². The van der Waals surface area contributed by atoms with Crippen molar-refractivity contribution in [2.75, 3.05) is 13.1 Å². The molecule has 2 heterocycles. The van der Waals surface area contributed by atoms with Crippen molar-refractivity contribution in [1.82, 2.24) is 10.3 Å². The largest absolute Gasteiger partial charge is 0.443 e. The quantitative estimate of drug-likeness (QED) is 0.801. The third kappa shape index (κ3) is 1.95. The molecule has 1 N–H and O–H groups in total. The number of oxazole rings is 1. The molecule has 1 aromatic rings. The van der Waals surface area contributed by atoms with Crippen LogP contribution in [0.2, 0.25) is 0 Å². The van der Waals surface area contributed by atoms with E-state index in [0.717, 1.165) is 25.9 Å². The van der Waals surface area contributed by atoms with Gasteiger partial charge in [0.1, 0.15) is 6.67 Å². The lowest BCUT2D eigenvalue weighted by Gasteiger charge is -2.02. The van der Waals surface area contributed by atoms with Gasteiger partial charge in [-0.05, 0) is 32.4 Å². The SMILES string of the molecule is Cc1nc(CC2CCNC2)oc1CF. The van der Waals surface area contributed by atoms with Crippen LogP contribution in [0.4, 0.5) is 4.39 Å². The summed E-state index contributed by atoms with van der Waals surface area (Å²) in [7, 11) is 0. The van der Waals surface area contributed by atoms with Gasteiger partial charge in [-0.1, -0.05) is 0 Å². The van der Waals surface area contributed by atoms with E-state index in [2.05, 4.69) is 10.3 Å². The van der Waals surface area contributed by atoms with Gasteiger partial charge in [0.2, 0.25) is 0 Å². The van der Waals surface area contributed by atoms with E-state index in [1.807, 2.05) is 0 Å². The Morgan fingerprint density at radius 3 is 3.07 bits per heavy atom. The van der Waals surface area contributed by atoms with Crippen LogP contribution in [0.1, 0.15) is 23.8 Å². The van der Waals surface area contributed by atoms with Crippen LogP contribution in [0.3, 0.4) is 0 Å². The standard InChI is InChI=1S/C10H15FN2O/c1-7-9(5-11)14-10(13-7)4-8-2-3-12-6-8/h8,12H,2-6H2,1H3. The number of halogens is 1. The summed E-state index contributed by atoms with van der Waals surface area (Å²) in [4.78, 5) is 4.21. The Morgan fingerprint density at radius 1 is 1.64 bits per heavy atom. The predicted octanol–water partition coefficient (Wildman–Crippen LogP) is 1.60. The molecular weight excluding hydrogens is 183 g/mol. The molecule has 14 heavy (non-hydrogen) atoms. The van der Waals surface area contributed by atoms with E-state index in [1.165, 1.54) is 0 Å². The monoisotopic (exact) mass is 198 g/mol. The predicted molar refractivity (Wildman–Crippen MR) is 50.7 cm³/mol. The molecule has 1 aliphatic rings. The van der Waals surface area contributed by atoms with E-state index in [-0.39, 0.29) is 0 Å². The van der Waals surface area contributed by atoms with Gasteiger partial charge >= 0.3 is 0 Å². The van der Waals surface area contributed by atoms with E-state index < -0.39 is 6.67 Å². The lowest BCUT2D eigenvalue weighted by Crippen LogP contribution is -2.10. The van der Waals surface area contributed by atoms with Gasteiger partial charge in [-0.15, -0.1) is 0 Å². The van der Waals surface area contributed by atoms with Crippen molar-refractivity contribution < 1.29 is 8.81 Å². The highest BCUT2D eigenvalue weighted by Gasteiger charge is 2.18. The van der Waals surface area contributed by atoms with Crippen LogP contribution in [0.5, 0.6) is 0 Å². The van der Waals surface area contributed by atoms with Crippen LogP contribution < -0.4 is 5.32 Å². The number of aryl methyl sites for hydroxylation is 1. The maximum absolute atomic E-state index is 12.4. The number of alkyl halides is 1. The summed E-state index contributed by atoms with van der Waals surface area (Å²) in [6.07, 6.45) is 1.99. The molecule has 0 radical (unpaired) electrons. The molecule has 0 aromatic carbocycles. The van der Waals surface area contributed by atoms with Crippen molar-refractivity contribution in [2.24, 2.45) is 5.92 Å². The fourth-order valence-corrected chi connectivity index (χ4v) is 1.84. The van der Waals surface area contributed by atoms with Crippen LogP contribution in [-0.4, -0.2) is 18.1 Å². The fourth-order valence-electron chi connectivity index (χ4n) is 1.84. The van der Waals surface area contributed by atoms with Gasteiger partial charge in [0, 0.05) is 6.42 Å². The molecule has 3 nitrogen and oxygen atoms in total. The van der Waals surface area contributed by atoms with Gasteiger partial charge in [0.25, 0.3) is 0 Å². The van der Waals surface area contributed by atoms with Crippen LogP contribution in [-0.2, 0) is 13.1 Å². The summed E-state index contributed by atoms with van der Waals surface area (Å²) in [6.45, 7) is 3.32. The number of rotatable bonds is 3. The van der Waals surface area contributed by atoms with Gasteiger partial charge in [0.05, 0.1) is 5.69 Å². The highest BCUT2D eigenvalue weighted by atomic mass is 19.1. The molecule has 0 spiro atoms. The maximum Gasteiger partial charge on any atom is 0.195 e. The molecular formula is C10H15FN2O. The lowest BCUT2D eigenvalue weighted by molar-refractivity contribution is 0.360. The van der Waals surface area contributed by atoms with Crippen molar-refractivity contribution in [3.8, 4) is 0 Å². The van der Waals surface area contributed by atoms with Gasteiger partial charge in [-0.25, -0.2) is 9.37 Å². The topological polar surface area (TPSA) is 38.1 Å². The van der Waals surface area contributed by atoms with Crippen LogP contribution in [0, 0.1) is 12.8 Å². The zero-order chi connectivity index (χ0) is 9.97. The van der Waals surface area contributed by atoms with Gasteiger partial charge in [0.15, 0.2) is 11.7 Å². The molecule has 4 heteroatoms. The summed E-state index contributed by atoms with van der Waals surface area (Å²) in [6, 6.07) is 0. The maximum atomic E-state index is 12.4. The molecule has 1 aliphatic heterocycles. The Bertz CT molecular complexity index is 305. The number of hydrogen-bond acceptors (Lipinski definition) is 3. The minimum atomic E-state index is -0.554. The van der Waals surface area contributed by atoms with Crippen LogP contribution in [0.25, 0.3) is 0 Å². The Kier molecular flexibility index (Phi) is 2.82. The average Bonchev–Trinajstić information content (AvgIpc) is 2.76. The number of hydrogen-bond donors (Lipinski definition) is 1. The Labute approximate surface area is 82.7 Å². The highest BCUT2D eigenvalue weighted by molar-refractivity contribution is 5.07. The molecule has 0 bridgehead atoms. The summed E-state index contributed by atoms with van der Waals surface area (Å²) < 4.78 is 17.7. The first-order chi connectivity index (χ1) is 6.79. The normalized spacial score (nSPS) is 21.7. The van der Waals surface area contributed by atoms with Crippen LogP contribution >= 0.6 is 0 Å². The van der Waals surface area contributed by atoms with E-state index in [0.29, 0.717) is 23.3 Å². The highest BCUT2D eigenvalue weighted by Crippen LogP contribution is 2.18. The third-order valence-electron chi connectivity index (χ3n) is 2.68. The van der Waals surface area contributed by atoms with Gasteiger partial charge < -0.3 is 9.73 Å². The van der Waals surface area contributed by atoms with Crippen molar-refractivity contribution in [3.05, 3.63) is 17.3 Å². The molecule has 78 valence electrons. The third-order valence-corrected chi connectivity index (χ3v) is 2.68. The van der Waals surface area contributed by atoms with Gasteiger partial charge in [-0.2, -0.15) is 0 Å². The fraction of sp³-hybridized carbons (Fsp3) is 0.700. The molecule has 0 saturated carbocycles. The molecule has 1 atom stereocenters.